The van der Waals surface area contributed by atoms with Crippen molar-refractivity contribution in [2.24, 2.45) is 10.9 Å². The lowest BCUT2D eigenvalue weighted by Gasteiger charge is -2.28. The van der Waals surface area contributed by atoms with Crippen molar-refractivity contribution in [3.63, 3.8) is 0 Å². The van der Waals surface area contributed by atoms with Crippen LogP contribution in [0.5, 0.6) is 0 Å². The van der Waals surface area contributed by atoms with Crippen LogP contribution in [-0.4, -0.2) is 42.5 Å². The molecule has 0 radical (unpaired) electrons. The molecule has 0 N–H and O–H groups in total. The number of piperidine rings is 1. The van der Waals surface area contributed by atoms with E-state index in [1.54, 1.807) is 11.3 Å². The fourth-order valence-electron chi connectivity index (χ4n) is 3.52. The summed E-state index contributed by atoms with van der Waals surface area (Å²) in [6, 6.07) is 4.28. The van der Waals surface area contributed by atoms with Crippen molar-refractivity contribution in [1.29, 1.82) is 0 Å². The first-order valence-corrected chi connectivity index (χ1v) is 11.5. The quantitative estimate of drug-likeness (QED) is 0.801. The van der Waals surface area contributed by atoms with Crippen LogP contribution in [0.1, 0.15) is 30.9 Å². The summed E-state index contributed by atoms with van der Waals surface area (Å²) in [4.78, 5) is 17.8. The van der Waals surface area contributed by atoms with E-state index in [2.05, 4.69) is 42.5 Å². The standard InChI is InChI=1S/C18H25N3O3S2/c1-5-21-15-11-12(2)10-13(3)16(15)25-18(21)19-17(22)14-6-8-20(9-7-14)26(4,23)24/h10-11,14H,5-9H2,1-4H3. The van der Waals surface area contributed by atoms with Crippen LogP contribution in [0, 0.1) is 19.8 Å². The van der Waals surface area contributed by atoms with Gasteiger partial charge in [-0.2, -0.15) is 4.99 Å². The molecule has 26 heavy (non-hydrogen) atoms. The average molecular weight is 396 g/mol. The van der Waals surface area contributed by atoms with E-state index in [0.717, 1.165) is 21.6 Å². The molecule has 1 aromatic carbocycles. The Balaban J connectivity index is 1.91. The summed E-state index contributed by atoms with van der Waals surface area (Å²) in [5.41, 5.74) is 3.51. The smallest absolute Gasteiger partial charge is 0.251 e. The lowest BCUT2D eigenvalue weighted by molar-refractivity contribution is -0.122. The van der Waals surface area contributed by atoms with Gasteiger partial charge in [0.25, 0.3) is 5.91 Å². The van der Waals surface area contributed by atoms with Gasteiger partial charge in [0.05, 0.1) is 16.5 Å². The molecule has 0 spiro atoms. The first-order valence-electron chi connectivity index (χ1n) is 8.85. The fourth-order valence-corrected chi connectivity index (χ4v) is 5.55. The highest BCUT2D eigenvalue weighted by atomic mass is 32.2. The van der Waals surface area contributed by atoms with Gasteiger partial charge in [-0.15, -0.1) is 0 Å². The van der Waals surface area contributed by atoms with Gasteiger partial charge in [0, 0.05) is 25.6 Å². The highest BCUT2D eigenvalue weighted by Crippen LogP contribution is 2.24. The van der Waals surface area contributed by atoms with Gasteiger partial charge in [0.2, 0.25) is 10.0 Å². The van der Waals surface area contributed by atoms with Crippen LogP contribution >= 0.6 is 11.3 Å². The van der Waals surface area contributed by atoms with Gasteiger partial charge in [0.1, 0.15) is 0 Å². The molecule has 0 unspecified atom stereocenters. The third-order valence-electron chi connectivity index (χ3n) is 4.91. The lowest BCUT2D eigenvalue weighted by Crippen LogP contribution is -2.39. The Morgan fingerprint density at radius 3 is 2.50 bits per heavy atom. The summed E-state index contributed by atoms with van der Waals surface area (Å²) in [5, 5.41) is 0. The molecule has 1 aliphatic heterocycles. The van der Waals surface area contributed by atoms with Crippen molar-refractivity contribution in [1.82, 2.24) is 8.87 Å². The average Bonchev–Trinajstić information content (AvgIpc) is 2.91. The van der Waals surface area contributed by atoms with Crippen LogP contribution in [0.15, 0.2) is 17.1 Å². The lowest BCUT2D eigenvalue weighted by atomic mass is 9.98. The van der Waals surface area contributed by atoms with Gasteiger partial charge in [-0.25, -0.2) is 12.7 Å². The first kappa shape index (κ1) is 19.3. The van der Waals surface area contributed by atoms with Crippen molar-refractivity contribution < 1.29 is 13.2 Å². The second-order valence-electron chi connectivity index (χ2n) is 6.95. The van der Waals surface area contributed by atoms with Gasteiger partial charge in [0.15, 0.2) is 4.80 Å². The van der Waals surface area contributed by atoms with Crippen molar-refractivity contribution >= 4 is 37.5 Å². The number of aromatic nitrogens is 1. The van der Waals surface area contributed by atoms with Crippen LogP contribution in [0.25, 0.3) is 10.2 Å². The van der Waals surface area contributed by atoms with Crippen molar-refractivity contribution in [3.8, 4) is 0 Å². The number of fused-ring (bicyclic) bond motifs is 1. The summed E-state index contributed by atoms with van der Waals surface area (Å²) in [6.07, 6.45) is 2.28. The van der Waals surface area contributed by atoms with Crippen molar-refractivity contribution in [3.05, 3.63) is 28.1 Å². The summed E-state index contributed by atoms with van der Waals surface area (Å²) < 4.78 is 27.9. The van der Waals surface area contributed by atoms with E-state index in [9.17, 15) is 13.2 Å². The second-order valence-corrected chi connectivity index (χ2v) is 9.91. The minimum Gasteiger partial charge on any atom is -0.317 e. The van der Waals surface area contributed by atoms with Gasteiger partial charge < -0.3 is 4.57 Å². The normalized spacial score (nSPS) is 17.9. The van der Waals surface area contributed by atoms with Crippen LogP contribution in [0.3, 0.4) is 0 Å². The molecule has 6 nitrogen and oxygen atoms in total. The predicted molar refractivity (Wildman–Crippen MR) is 105 cm³/mol. The number of aryl methyl sites for hydroxylation is 3. The Morgan fingerprint density at radius 1 is 1.27 bits per heavy atom. The maximum atomic E-state index is 12.7. The Bertz CT molecular complexity index is 1010. The third-order valence-corrected chi connectivity index (χ3v) is 7.44. The minimum absolute atomic E-state index is 0.138. The number of hydrogen-bond donors (Lipinski definition) is 0. The molecule has 1 saturated heterocycles. The summed E-state index contributed by atoms with van der Waals surface area (Å²) in [6.45, 7) is 7.74. The van der Waals surface area contributed by atoms with E-state index in [0.29, 0.717) is 25.9 Å². The van der Waals surface area contributed by atoms with E-state index in [1.807, 2.05) is 0 Å². The molecule has 1 amide bonds. The number of rotatable bonds is 3. The molecule has 0 aliphatic carbocycles. The number of benzene rings is 1. The highest BCUT2D eigenvalue weighted by molar-refractivity contribution is 7.88. The Kier molecular flexibility index (Phi) is 5.37. The molecular weight excluding hydrogens is 370 g/mol. The first-order chi connectivity index (χ1) is 12.2. The summed E-state index contributed by atoms with van der Waals surface area (Å²) in [5.74, 6) is -0.340. The highest BCUT2D eigenvalue weighted by Gasteiger charge is 2.28. The monoisotopic (exact) mass is 395 g/mol. The van der Waals surface area contributed by atoms with Gasteiger partial charge in [-0.05, 0) is 50.8 Å². The number of hydrogen-bond acceptors (Lipinski definition) is 4. The zero-order valence-corrected chi connectivity index (χ0v) is 17.3. The van der Waals surface area contributed by atoms with Crippen molar-refractivity contribution in [2.75, 3.05) is 19.3 Å². The Hall–Kier alpha value is -1.51. The molecule has 1 aliphatic rings. The van der Waals surface area contributed by atoms with Gasteiger partial charge >= 0.3 is 0 Å². The molecule has 142 valence electrons. The molecule has 2 aromatic rings. The zero-order valence-electron chi connectivity index (χ0n) is 15.7. The topological polar surface area (TPSA) is 71.7 Å². The summed E-state index contributed by atoms with van der Waals surface area (Å²) in [7, 11) is -3.18. The van der Waals surface area contributed by atoms with E-state index >= 15 is 0 Å². The maximum Gasteiger partial charge on any atom is 0.251 e. The molecule has 0 atom stereocenters. The van der Waals surface area contributed by atoms with Gasteiger partial charge in [-0.1, -0.05) is 17.4 Å². The molecule has 1 aromatic heterocycles. The fraction of sp³-hybridized carbons (Fsp3) is 0.556. The Labute approximate surface area is 158 Å². The molecule has 2 heterocycles. The molecule has 0 saturated carbocycles. The van der Waals surface area contributed by atoms with Crippen LogP contribution in [-0.2, 0) is 21.4 Å². The largest absolute Gasteiger partial charge is 0.317 e. The summed E-state index contributed by atoms with van der Waals surface area (Å²) >= 11 is 1.55. The van der Waals surface area contributed by atoms with E-state index < -0.39 is 10.0 Å². The van der Waals surface area contributed by atoms with E-state index in [1.165, 1.54) is 21.7 Å². The van der Waals surface area contributed by atoms with Crippen LogP contribution in [0.4, 0.5) is 0 Å². The number of sulfonamides is 1. The predicted octanol–water partition coefficient (Wildman–Crippen LogP) is 2.44. The number of carbonyl (C=O) groups is 1. The number of thiazole rings is 1. The van der Waals surface area contributed by atoms with Crippen LogP contribution in [0.2, 0.25) is 0 Å². The maximum absolute atomic E-state index is 12.7. The Morgan fingerprint density at radius 2 is 1.92 bits per heavy atom. The molecule has 8 heteroatoms. The molecule has 0 bridgehead atoms. The number of carbonyl (C=O) groups excluding carboxylic acids is 1. The van der Waals surface area contributed by atoms with Crippen molar-refractivity contribution in [2.45, 2.75) is 40.2 Å². The number of nitrogens with zero attached hydrogens (tertiary/aromatic N) is 3. The zero-order chi connectivity index (χ0) is 19.1. The van der Waals surface area contributed by atoms with Gasteiger partial charge in [-0.3, -0.25) is 4.79 Å². The number of amides is 1. The third kappa shape index (κ3) is 3.77. The van der Waals surface area contributed by atoms with Crippen LogP contribution < -0.4 is 4.80 Å². The SMILES string of the molecule is CCn1c(=NC(=O)C2CCN(S(C)(=O)=O)CC2)sc2c(C)cc(C)cc21. The molecule has 3 rings (SSSR count). The van der Waals surface area contributed by atoms with E-state index in [4.69, 9.17) is 0 Å². The second kappa shape index (κ2) is 7.25. The molecular formula is C18H25N3O3S2. The molecule has 1 fully saturated rings. The van der Waals surface area contributed by atoms with E-state index in [-0.39, 0.29) is 11.8 Å². The minimum atomic E-state index is -3.18.